The Balaban J connectivity index is 1.87. The van der Waals surface area contributed by atoms with E-state index in [2.05, 4.69) is 12.2 Å². The summed E-state index contributed by atoms with van der Waals surface area (Å²) in [5, 5.41) is 2.68. The fourth-order valence-electron chi connectivity index (χ4n) is 2.64. The summed E-state index contributed by atoms with van der Waals surface area (Å²) < 4.78 is 36.3. The first kappa shape index (κ1) is 22.5. The number of carbonyl (C=O) groups excluding carboxylic acids is 1. The van der Waals surface area contributed by atoms with Crippen LogP contribution in [-0.2, 0) is 21.2 Å². The van der Waals surface area contributed by atoms with Gasteiger partial charge in [0.15, 0.2) is 0 Å². The van der Waals surface area contributed by atoms with E-state index in [4.69, 9.17) is 9.47 Å². The van der Waals surface area contributed by atoms with E-state index in [1.165, 1.54) is 5.56 Å². The SMILES string of the molecule is CCOc1ccc(N(CC(=O)NCCOc2ccc(CC)cc2)S(C)(=O)=O)cc1. The molecule has 0 aliphatic heterocycles. The number of aryl methyl sites for hydroxylation is 1. The molecule has 0 atom stereocenters. The van der Waals surface area contributed by atoms with Crippen LogP contribution in [0.4, 0.5) is 5.69 Å². The standard InChI is InChI=1S/C21H28N2O5S/c1-4-17-6-10-20(11-7-17)28-15-14-22-21(24)16-23(29(3,25)26)18-8-12-19(13-9-18)27-5-2/h6-13H,4-5,14-16H2,1-3H3,(H,22,24). The van der Waals surface area contributed by atoms with E-state index in [0.717, 1.165) is 22.7 Å². The van der Waals surface area contributed by atoms with Crippen molar-refractivity contribution in [3.63, 3.8) is 0 Å². The monoisotopic (exact) mass is 420 g/mol. The maximum absolute atomic E-state index is 12.2. The molecule has 0 saturated carbocycles. The van der Waals surface area contributed by atoms with Gasteiger partial charge in [0.25, 0.3) is 0 Å². The normalized spacial score (nSPS) is 11.0. The summed E-state index contributed by atoms with van der Waals surface area (Å²) in [4.78, 5) is 12.2. The molecule has 0 radical (unpaired) electrons. The zero-order chi connectivity index (χ0) is 21.3. The second-order valence-corrected chi connectivity index (χ2v) is 8.30. The van der Waals surface area contributed by atoms with Crippen molar-refractivity contribution < 1.29 is 22.7 Å². The molecule has 0 fully saturated rings. The molecule has 2 aromatic carbocycles. The molecule has 0 heterocycles. The van der Waals surface area contributed by atoms with Crippen LogP contribution < -0.4 is 19.1 Å². The van der Waals surface area contributed by atoms with Gasteiger partial charge in [0.05, 0.1) is 25.1 Å². The Hall–Kier alpha value is -2.74. The van der Waals surface area contributed by atoms with Crippen molar-refractivity contribution in [2.24, 2.45) is 0 Å². The van der Waals surface area contributed by atoms with Crippen LogP contribution in [0.15, 0.2) is 48.5 Å². The van der Waals surface area contributed by atoms with Crippen LogP contribution in [0.2, 0.25) is 0 Å². The van der Waals surface area contributed by atoms with Crippen LogP contribution in [0, 0.1) is 0 Å². The van der Waals surface area contributed by atoms with E-state index in [-0.39, 0.29) is 13.1 Å². The third-order valence-electron chi connectivity index (χ3n) is 4.15. The van der Waals surface area contributed by atoms with E-state index in [1.54, 1.807) is 24.3 Å². The van der Waals surface area contributed by atoms with Crippen molar-refractivity contribution in [3.8, 4) is 11.5 Å². The van der Waals surface area contributed by atoms with Crippen LogP contribution in [0.25, 0.3) is 0 Å². The summed E-state index contributed by atoms with van der Waals surface area (Å²) in [6.45, 7) is 4.72. The Kier molecular flexibility index (Phi) is 8.33. The first-order chi connectivity index (χ1) is 13.8. The third kappa shape index (κ3) is 7.30. The van der Waals surface area contributed by atoms with E-state index < -0.39 is 15.9 Å². The smallest absolute Gasteiger partial charge is 0.240 e. The zero-order valence-corrected chi connectivity index (χ0v) is 17.9. The van der Waals surface area contributed by atoms with Gasteiger partial charge in [-0.1, -0.05) is 19.1 Å². The van der Waals surface area contributed by atoms with Gasteiger partial charge < -0.3 is 14.8 Å². The van der Waals surface area contributed by atoms with Crippen molar-refractivity contribution in [1.29, 1.82) is 0 Å². The quantitative estimate of drug-likeness (QED) is 0.565. The summed E-state index contributed by atoms with van der Waals surface area (Å²) >= 11 is 0. The summed E-state index contributed by atoms with van der Waals surface area (Å²) in [7, 11) is -3.62. The predicted molar refractivity (Wildman–Crippen MR) is 114 cm³/mol. The molecule has 0 bridgehead atoms. The Bertz CT molecular complexity index is 880. The van der Waals surface area contributed by atoms with Crippen molar-refractivity contribution >= 4 is 21.6 Å². The van der Waals surface area contributed by atoms with E-state index >= 15 is 0 Å². The lowest BCUT2D eigenvalue weighted by atomic mass is 10.2. The van der Waals surface area contributed by atoms with Crippen molar-refractivity contribution in [2.75, 3.05) is 36.9 Å². The van der Waals surface area contributed by atoms with Gasteiger partial charge in [-0.15, -0.1) is 0 Å². The average molecular weight is 421 g/mol. The van der Waals surface area contributed by atoms with Crippen LogP contribution in [0.1, 0.15) is 19.4 Å². The lowest BCUT2D eigenvalue weighted by Crippen LogP contribution is -2.41. The molecule has 2 rings (SSSR count). The Morgan fingerprint density at radius 3 is 2.10 bits per heavy atom. The lowest BCUT2D eigenvalue weighted by Gasteiger charge is -2.22. The molecule has 158 valence electrons. The Morgan fingerprint density at radius 2 is 1.55 bits per heavy atom. The highest BCUT2D eigenvalue weighted by atomic mass is 32.2. The summed E-state index contributed by atoms with van der Waals surface area (Å²) in [6.07, 6.45) is 2.03. The van der Waals surface area contributed by atoms with Gasteiger partial charge in [-0.2, -0.15) is 0 Å². The summed E-state index contributed by atoms with van der Waals surface area (Å²) in [5.41, 5.74) is 1.62. The van der Waals surface area contributed by atoms with Crippen molar-refractivity contribution in [1.82, 2.24) is 5.32 Å². The van der Waals surface area contributed by atoms with Crippen molar-refractivity contribution in [2.45, 2.75) is 20.3 Å². The average Bonchev–Trinajstić information content (AvgIpc) is 2.70. The van der Waals surface area contributed by atoms with Gasteiger partial charge in [0.2, 0.25) is 15.9 Å². The van der Waals surface area contributed by atoms with Gasteiger partial charge in [-0.3, -0.25) is 9.10 Å². The number of ether oxygens (including phenoxy) is 2. The van der Waals surface area contributed by atoms with Gasteiger partial charge in [-0.05, 0) is 55.3 Å². The van der Waals surface area contributed by atoms with Crippen LogP contribution in [0.3, 0.4) is 0 Å². The Labute approximate surface area is 172 Å². The molecule has 1 N–H and O–H groups in total. The van der Waals surface area contributed by atoms with E-state index in [0.29, 0.717) is 24.7 Å². The van der Waals surface area contributed by atoms with Gasteiger partial charge >= 0.3 is 0 Å². The molecule has 8 heteroatoms. The minimum atomic E-state index is -3.62. The van der Waals surface area contributed by atoms with Gasteiger partial charge in [-0.25, -0.2) is 8.42 Å². The number of hydrogen-bond acceptors (Lipinski definition) is 5. The third-order valence-corrected chi connectivity index (χ3v) is 5.29. The number of hydrogen-bond donors (Lipinski definition) is 1. The van der Waals surface area contributed by atoms with Crippen LogP contribution in [0.5, 0.6) is 11.5 Å². The number of nitrogens with zero attached hydrogens (tertiary/aromatic N) is 1. The molecule has 7 nitrogen and oxygen atoms in total. The molecule has 0 aromatic heterocycles. The fraction of sp³-hybridized carbons (Fsp3) is 0.381. The molecule has 0 aliphatic rings. The minimum absolute atomic E-state index is 0.273. The van der Waals surface area contributed by atoms with Gasteiger partial charge in [0, 0.05) is 0 Å². The second kappa shape index (κ2) is 10.7. The maximum atomic E-state index is 12.2. The highest BCUT2D eigenvalue weighted by Crippen LogP contribution is 2.21. The number of carbonyl (C=O) groups is 1. The molecule has 0 spiro atoms. The van der Waals surface area contributed by atoms with E-state index in [9.17, 15) is 13.2 Å². The van der Waals surface area contributed by atoms with Crippen molar-refractivity contribution in [3.05, 3.63) is 54.1 Å². The van der Waals surface area contributed by atoms with Crippen LogP contribution in [-0.4, -0.2) is 46.9 Å². The maximum Gasteiger partial charge on any atom is 0.240 e. The first-order valence-electron chi connectivity index (χ1n) is 9.52. The number of nitrogens with one attached hydrogen (secondary N) is 1. The Morgan fingerprint density at radius 1 is 0.966 bits per heavy atom. The molecular weight excluding hydrogens is 392 g/mol. The number of rotatable bonds is 11. The molecule has 29 heavy (non-hydrogen) atoms. The molecule has 0 unspecified atom stereocenters. The van der Waals surface area contributed by atoms with Crippen LogP contribution >= 0.6 is 0 Å². The highest BCUT2D eigenvalue weighted by molar-refractivity contribution is 7.92. The molecule has 1 amide bonds. The molecule has 0 aliphatic carbocycles. The van der Waals surface area contributed by atoms with E-state index in [1.807, 2.05) is 31.2 Å². The summed E-state index contributed by atoms with van der Waals surface area (Å²) in [6, 6.07) is 14.3. The topological polar surface area (TPSA) is 84.9 Å². The highest BCUT2D eigenvalue weighted by Gasteiger charge is 2.20. The molecule has 0 saturated heterocycles. The number of benzene rings is 2. The zero-order valence-electron chi connectivity index (χ0n) is 17.1. The second-order valence-electron chi connectivity index (χ2n) is 6.39. The summed E-state index contributed by atoms with van der Waals surface area (Å²) in [5.74, 6) is 0.955. The minimum Gasteiger partial charge on any atom is -0.494 e. The fourth-order valence-corrected chi connectivity index (χ4v) is 3.50. The number of anilines is 1. The number of amides is 1. The molecule has 2 aromatic rings. The van der Waals surface area contributed by atoms with Gasteiger partial charge in [0.1, 0.15) is 24.7 Å². The largest absolute Gasteiger partial charge is 0.494 e. The lowest BCUT2D eigenvalue weighted by molar-refractivity contribution is -0.119. The molecular formula is C21H28N2O5S. The first-order valence-corrected chi connectivity index (χ1v) is 11.4. The predicted octanol–water partition coefficient (Wildman–Crippen LogP) is 2.61. The number of sulfonamides is 1.